The van der Waals surface area contributed by atoms with Crippen LogP contribution in [0.1, 0.15) is 13.3 Å². The van der Waals surface area contributed by atoms with Gasteiger partial charge in [-0.25, -0.2) is 0 Å². The monoisotopic (exact) mass is 252 g/mol. The van der Waals surface area contributed by atoms with Crippen LogP contribution in [0.4, 0.5) is 0 Å². The number of hydrogen-bond acceptors (Lipinski definition) is 2. The van der Waals surface area contributed by atoms with Gasteiger partial charge < -0.3 is 9.84 Å². The third-order valence-electron chi connectivity index (χ3n) is 3.30. The Hall–Kier alpha value is -2.22. The second-order valence-corrected chi connectivity index (χ2v) is 4.67. The molecular formula is C17H16O2. The van der Waals surface area contributed by atoms with E-state index < -0.39 is 0 Å². The van der Waals surface area contributed by atoms with Crippen LogP contribution < -0.4 is 4.74 Å². The molecule has 0 atom stereocenters. The van der Waals surface area contributed by atoms with E-state index in [9.17, 15) is 5.11 Å². The van der Waals surface area contributed by atoms with E-state index in [0.29, 0.717) is 5.75 Å². The van der Waals surface area contributed by atoms with Gasteiger partial charge in [0.25, 0.3) is 0 Å². The van der Waals surface area contributed by atoms with E-state index in [1.54, 1.807) is 6.07 Å². The summed E-state index contributed by atoms with van der Waals surface area (Å²) in [5.41, 5.74) is 0. The van der Waals surface area contributed by atoms with Crippen molar-refractivity contribution in [1.82, 2.24) is 0 Å². The second-order valence-electron chi connectivity index (χ2n) is 4.67. The summed E-state index contributed by atoms with van der Waals surface area (Å²) in [6.07, 6.45) is 1.00. The third-order valence-corrected chi connectivity index (χ3v) is 3.30. The van der Waals surface area contributed by atoms with Crippen molar-refractivity contribution in [1.29, 1.82) is 0 Å². The number of benzene rings is 3. The lowest BCUT2D eigenvalue weighted by Gasteiger charge is -2.08. The molecule has 0 spiro atoms. The van der Waals surface area contributed by atoms with Crippen molar-refractivity contribution in [3.8, 4) is 11.5 Å². The molecule has 0 saturated carbocycles. The largest absolute Gasteiger partial charge is 0.507 e. The van der Waals surface area contributed by atoms with Crippen molar-refractivity contribution in [2.75, 3.05) is 6.61 Å². The lowest BCUT2D eigenvalue weighted by Crippen LogP contribution is -1.94. The van der Waals surface area contributed by atoms with Gasteiger partial charge in [-0.15, -0.1) is 0 Å². The Morgan fingerprint density at radius 1 is 0.947 bits per heavy atom. The zero-order chi connectivity index (χ0) is 13.2. The average molecular weight is 252 g/mol. The van der Waals surface area contributed by atoms with Crippen molar-refractivity contribution in [3.63, 3.8) is 0 Å². The van der Waals surface area contributed by atoms with Gasteiger partial charge in [0.2, 0.25) is 0 Å². The number of aromatic hydroxyl groups is 1. The number of rotatable bonds is 3. The highest BCUT2D eigenvalue weighted by molar-refractivity contribution is 6.09. The second kappa shape index (κ2) is 4.81. The normalized spacial score (nSPS) is 11.0. The van der Waals surface area contributed by atoms with Gasteiger partial charge in [-0.1, -0.05) is 37.3 Å². The van der Waals surface area contributed by atoms with Crippen LogP contribution in [0.15, 0.2) is 48.5 Å². The predicted molar refractivity (Wildman–Crippen MR) is 78.9 cm³/mol. The molecule has 0 saturated heterocycles. The molecule has 0 aromatic heterocycles. The molecule has 0 fully saturated rings. The molecule has 0 amide bonds. The van der Waals surface area contributed by atoms with E-state index in [0.717, 1.165) is 40.3 Å². The van der Waals surface area contributed by atoms with Gasteiger partial charge in [-0.05, 0) is 40.8 Å². The van der Waals surface area contributed by atoms with Gasteiger partial charge in [0.15, 0.2) is 0 Å². The minimum Gasteiger partial charge on any atom is -0.507 e. The quantitative estimate of drug-likeness (QED) is 0.696. The van der Waals surface area contributed by atoms with Crippen molar-refractivity contribution < 1.29 is 9.84 Å². The Kier molecular flexibility index (Phi) is 3.00. The molecule has 1 N–H and O–H groups in total. The lowest BCUT2D eigenvalue weighted by atomic mass is 10.0. The number of phenols is 1. The highest BCUT2D eigenvalue weighted by atomic mass is 16.5. The fourth-order valence-corrected chi connectivity index (χ4v) is 2.37. The van der Waals surface area contributed by atoms with Crippen LogP contribution >= 0.6 is 0 Å². The maximum atomic E-state index is 9.88. The zero-order valence-corrected chi connectivity index (χ0v) is 10.9. The zero-order valence-electron chi connectivity index (χ0n) is 10.9. The minimum atomic E-state index is 0.325. The first kappa shape index (κ1) is 11.8. The molecule has 0 unspecified atom stereocenters. The van der Waals surface area contributed by atoms with Crippen LogP contribution in [0.3, 0.4) is 0 Å². The summed E-state index contributed by atoms with van der Waals surface area (Å²) in [5.74, 6) is 1.22. The number of fused-ring (bicyclic) bond motifs is 3. The summed E-state index contributed by atoms with van der Waals surface area (Å²) in [6, 6.07) is 15.7. The number of phenolic OH excluding ortho intramolecular Hbond substituents is 1. The molecule has 0 aliphatic carbocycles. The molecule has 3 aromatic rings. The number of ether oxygens (including phenoxy) is 1. The van der Waals surface area contributed by atoms with Crippen molar-refractivity contribution >= 4 is 21.5 Å². The molecule has 0 aliphatic heterocycles. The molecule has 2 heteroatoms. The first-order chi connectivity index (χ1) is 9.29. The van der Waals surface area contributed by atoms with E-state index >= 15 is 0 Å². The van der Waals surface area contributed by atoms with Gasteiger partial charge in [0.05, 0.1) is 6.61 Å². The topological polar surface area (TPSA) is 29.5 Å². The highest BCUT2D eigenvalue weighted by Crippen LogP contribution is 2.32. The van der Waals surface area contributed by atoms with Crippen LogP contribution in [0, 0.1) is 0 Å². The van der Waals surface area contributed by atoms with Crippen molar-refractivity contribution in [3.05, 3.63) is 48.5 Å². The van der Waals surface area contributed by atoms with Crippen LogP contribution in [0.2, 0.25) is 0 Å². The van der Waals surface area contributed by atoms with Gasteiger partial charge in [-0.2, -0.15) is 0 Å². The van der Waals surface area contributed by atoms with Gasteiger partial charge in [-0.3, -0.25) is 0 Å². The van der Waals surface area contributed by atoms with Crippen molar-refractivity contribution in [2.24, 2.45) is 0 Å². The Balaban J connectivity index is 2.18. The predicted octanol–water partition coefficient (Wildman–Crippen LogP) is 4.49. The van der Waals surface area contributed by atoms with Gasteiger partial charge >= 0.3 is 0 Å². The summed E-state index contributed by atoms with van der Waals surface area (Å²) in [4.78, 5) is 0. The SMILES string of the molecule is CCCOc1ccc2c(ccc3c(O)cccc32)c1. The first-order valence-electron chi connectivity index (χ1n) is 6.57. The molecule has 0 bridgehead atoms. The minimum absolute atomic E-state index is 0.325. The van der Waals surface area contributed by atoms with E-state index in [1.165, 1.54) is 0 Å². The average Bonchev–Trinajstić information content (AvgIpc) is 2.45. The maximum Gasteiger partial charge on any atom is 0.123 e. The maximum absolute atomic E-state index is 9.88. The molecule has 2 nitrogen and oxygen atoms in total. The van der Waals surface area contributed by atoms with Crippen LogP contribution in [0.5, 0.6) is 11.5 Å². The molecule has 0 heterocycles. The summed E-state index contributed by atoms with van der Waals surface area (Å²) in [7, 11) is 0. The first-order valence-corrected chi connectivity index (χ1v) is 6.57. The molecule has 96 valence electrons. The Morgan fingerprint density at radius 3 is 2.63 bits per heavy atom. The molecule has 0 aliphatic rings. The highest BCUT2D eigenvalue weighted by Gasteiger charge is 2.04. The molecular weight excluding hydrogens is 236 g/mol. The molecule has 3 aromatic carbocycles. The Bertz CT molecular complexity index is 732. The summed E-state index contributed by atoms with van der Waals surface area (Å²) in [5, 5.41) is 14.1. The molecule has 0 radical (unpaired) electrons. The van der Waals surface area contributed by atoms with E-state index in [1.807, 2.05) is 30.3 Å². The lowest BCUT2D eigenvalue weighted by molar-refractivity contribution is 0.318. The van der Waals surface area contributed by atoms with E-state index in [4.69, 9.17) is 4.74 Å². The van der Waals surface area contributed by atoms with E-state index in [2.05, 4.69) is 19.1 Å². The summed E-state index contributed by atoms with van der Waals surface area (Å²) >= 11 is 0. The summed E-state index contributed by atoms with van der Waals surface area (Å²) < 4.78 is 5.65. The smallest absolute Gasteiger partial charge is 0.123 e. The standard InChI is InChI=1S/C17H16O2/c1-2-10-19-13-7-9-14-12(11-13)6-8-16-15(14)4-3-5-17(16)18/h3-9,11,18H,2,10H2,1H3. The van der Waals surface area contributed by atoms with Crippen LogP contribution in [-0.4, -0.2) is 11.7 Å². The van der Waals surface area contributed by atoms with Gasteiger partial charge in [0.1, 0.15) is 11.5 Å². The Labute approximate surface area is 112 Å². The van der Waals surface area contributed by atoms with Crippen molar-refractivity contribution in [2.45, 2.75) is 13.3 Å². The van der Waals surface area contributed by atoms with E-state index in [-0.39, 0.29) is 0 Å². The molecule has 19 heavy (non-hydrogen) atoms. The fourth-order valence-electron chi connectivity index (χ4n) is 2.37. The molecule has 3 rings (SSSR count). The summed E-state index contributed by atoms with van der Waals surface area (Å²) in [6.45, 7) is 2.83. The third kappa shape index (κ3) is 2.10. The van der Waals surface area contributed by atoms with Crippen LogP contribution in [-0.2, 0) is 0 Å². The number of hydrogen-bond donors (Lipinski definition) is 1. The van der Waals surface area contributed by atoms with Crippen LogP contribution in [0.25, 0.3) is 21.5 Å². The fraction of sp³-hybridized carbons (Fsp3) is 0.176. The van der Waals surface area contributed by atoms with Gasteiger partial charge in [0, 0.05) is 5.39 Å². The Morgan fingerprint density at radius 2 is 1.79 bits per heavy atom.